The zero-order valence-electron chi connectivity index (χ0n) is 16.2. The van der Waals surface area contributed by atoms with Gasteiger partial charge in [-0.25, -0.2) is 0 Å². The van der Waals surface area contributed by atoms with Gasteiger partial charge >= 0.3 is 0 Å². The van der Waals surface area contributed by atoms with E-state index in [9.17, 15) is 9.59 Å². The normalized spacial score (nSPS) is 10.3. The van der Waals surface area contributed by atoms with Gasteiger partial charge in [-0.3, -0.25) is 9.59 Å². The zero-order valence-corrected chi connectivity index (χ0v) is 18.6. The molecule has 6 nitrogen and oxygen atoms in total. The maximum absolute atomic E-state index is 12.5. The quantitative estimate of drug-likeness (QED) is 0.587. The van der Waals surface area contributed by atoms with Crippen LogP contribution in [-0.4, -0.2) is 50.8 Å². The Labute approximate surface area is 177 Å². The Bertz CT molecular complexity index is 858. The first kappa shape index (κ1) is 22.1. The van der Waals surface area contributed by atoms with E-state index in [-0.39, 0.29) is 11.8 Å². The van der Waals surface area contributed by atoms with Crippen molar-refractivity contribution in [3.63, 3.8) is 0 Å². The Morgan fingerprint density at radius 1 is 1.11 bits per heavy atom. The minimum Gasteiger partial charge on any atom is -0.493 e. The second-order valence-corrected chi connectivity index (χ2v) is 8.02. The summed E-state index contributed by atoms with van der Waals surface area (Å²) >= 11 is 5.08. The molecule has 0 aliphatic heterocycles. The third kappa shape index (κ3) is 5.65. The minimum atomic E-state index is -0.237. The summed E-state index contributed by atoms with van der Waals surface area (Å²) in [6.07, 6.45) is 0.302. The van der Waals surface area contributed by atoms with Crippen molar-refractivity contribution < 1.29 is 19.1 Å². The van der Waals surface area contributed by atoms with Crippen molar-refractivity contribution >= 4 is 45.2 Å². The molecule has 28 heavy (non-hydrogen) atoms. The number of amides is 2. The van der Waals surface area contributed by atoms with Crippen molar-refractivity contribution in [2.24, 2.45) is 0 Å². The third-order valence-electron chi connectivity index (χ3n) is 3.86. The summed E-state index contributed by atoms with van der Waals surface area (Å²) in [7, 11) is 6.31. The highest BCUT2D eigenvalue weighted by Gasteiger charge is 2.19. The van der Waals surface area contributed by atoms with Crippen LogP contribution in [0.25, 0.3) is 0 Å². The summed E-state index contributed by atoms with van der Waals surface area (Å²) < 4.78 is 11.6. The molecule has 1 N–H and O–H groups in total. The molecule has 0 aromatic heterocycles. The molecule has 0 saturated carbocycles. The summed E-state index contributed by atoms with van der Waals surface area (Å²) in [5.41, 5.74) is 0.738. The summed E-state index contributed by atoms with van der Waals surface area (Å²) in [6.45, 7) is 0. The van der Waals surface area contributed by atoms with Gasteiger partial charge in [0, 0.05) is 41.7 Å². The molecule has 0 unspecified atom stereocenters. The van der Waals surface area contributed by atoms with E-state index in [1.54, 1.807) is 38.0 Å². The van der Waals surface area contributed by atoms with Crippen molar-refractivity contribution in [3.8, 4) is 11.5 Å². The number of halogens is 1. The molecule has 2 aromatic carbocycles. The molecule has 8 heteroatoms. The van der Waals surface area contributed by atoms with Gasteiger partial charge in [0.2, 0.25) is 5.91 Å². The Morgan fingerprint density at radius 3 is 2.36 bits per heavy atom. The van der Waals surface area contributed by atoms with Crippen molar-refractivity contribution in [2.45, 2.75) is 11.3 Å². The predicted molar refractivity (Wildman–Crippen MR) is 116 cm³/mol. The first-order chi connectivity index (χ1) is 13.4. The van der Waals surface area contributed by atoms with Crippen molar-refractivity contribution in [1.82, 2.24) is 4.90 Å². The van der Waals surface area contributed by atoms with Crippen LogP contribution >= 0.6 is 27.7 Å². The van der Waals surface area contributed by atoms with Crippen LogP contribution in [0, 0.1) is 0 Å². The zero-order chi connectivity index (χ0) is 20.7. The summed E-state index contributed by atoms with van der Waals surface area (Å²) in [6, 6.07) is 11.0. The van der Waals surface area contributed by atoms with Crippen LogP contribution < -0.4 is 14.8 Å². The number of hydrogen-bond donors (Lipinski definition) is 1. The number of anilines is 1. The second-order valence-electron chi connectivity index (χ2n) is 6.03. The molecule has 0 fully saturated rings. The molecule has 0 aliphatic rings. The number of thioether (sulfide) groups is 1. The first-order valence-corrected chi connectivity index (χ1v) is 10.3. The third-order valence-corrected chi connectivity index (χ3v) is 5.89. The molecule has 0 radical (unpaired) electrons. The van der Waals surface area contributed by atoms with Gasteiger partial charge in [-0.2, -0.15) is 0 Å². The molecular weight excluding hydrogens is 444 g/mol. The van der Waals surface area contributed by atoms with Crippen LogP contribution in [-0.2, 0) is 4.79 Å². The van der Waals surface area contributed by atoms with Crippen molar-refractivity contribution in [2.75, 3.05) is 39.4 Å². The molecule has 0 spiro atoms. The Kier molecular flexibility index (Phi) is 8.19. The van der Waals surface area contributed by atoms with Gasteiger partial charge < -0.3 is 19.7 Å². The van der Waals surface area contributed by atoms with Crippen LogP contribution in [0.5, 0.6) is 11.5 Å². The molecule has 0 saturated heterocycles. The molecule has 150 valence electrons. The molecule has 0 aliphatic carbocycles. The lowest BCUT2D eigenvalue weighted by Gasteiger charge is -2.18. The van der Waals surface area contributed by atoms with Crippen LogP contribution in [0.1, 0.15) is 16.8 Å². The lowest BCUT2D eigenvalue weighted by molar-refractivity contribution is -0.115. The number of benzene rings is 2. The highest BCUT2D eigenvalue weighted by atomic mass is 79.9. The smallest absolute Gasteiger partial charge is 0.255 e. The molecule has 0 bridgehead atoms. The van der Waals surface area contributed by atoms with Crippen LogP contribution in [0.2, 0.25) is 0 Å². The highest BCUT2D eigenvalue weighted by molar-refractivity contribution is 9.10. The van der Waals surface area contributed by atoms with Gasteiger partial charge in [0.25, 0.3) is 5.91 Å². The van der Waals surface area contributed by atoms with Gasteiger partial charge in [-0.15, -0.1) is 11.8 Å². The van der Waals surface area contributed by atoms with E-state index in [1.165, 1.54) is 19.1 Å². The van der Waals surface area contributed by atoms with Crippen LogP contribution in [0.15, 0.2) is 45.8 Å². The predicted octanol–water partition coefficient (Wildman–Crippen LogP) is 4.29. The van der Waals surface area contributed by atoms with Crippen molar-refractivity contribution in [3.05, 3.63) is 46.4 Å². The van der Waals surface area contributed by atoms with E-state index in [1.807, 2.05) is 24.3 Å². The Balaban J connectivity index is 2.13. The maximum Gasteiger partial charge on any atom is 0.255 e. The number of ether oxygens (including phenoxy) is 2. The average molecular weight is 467 g/mol. The van der Waals surface area contributed by atoms with Crippen LogP contribution in [0.3, 0.4) is 0 Å². The van der Waals surface area contributed by atoms with Crippen molar-refractivity contribution in [1.29, 1.82) is 0 Å². The topological polar surface area (TPSA) is 67.9 Å². The number of carbonyl (C=O) groups is 2. The van der Waals surface area contributed by atoms with Gasteiger partial charge in [0.1, 0.15) is 0 Å². The molecule has 2 rings (SSSR count). The summed E-state index contributed by atoms with van der Waals surface area (Å²) in [5.74, 6) is 1.06. The Hall–Kier alpha value is -2.19. The van der Waals surface area contributed by atoms with Gasteiger partial charge in [0.15, 0.2) is 11.5 Å². The number of methoxy groups -OCH3 is 2. The molecular formula is C20H23BrN2O4S. The maximum atomic E-state index is 12.5. The van der Waals surface area contributed by atoms with E-state index >= 15 is 0 Å². The summed E-state index contributed by atoms with van der Waals surface area (Å²) in [5, 5.41) is 2.83. The van der Waals surface area contributed by atoms with E-state index in [0.717, 1.165) is 9.37 Å². The highest BCUT2D eigenvalue weighted by Crippen LogP contribution is 2.34. The average Bonchev–Trinajstić information content (AvgIpc) is 2.68. The summed E-state index contributed by atoms with van der Waals surface area (Å²) in [4.78, 5) is 27.5. The minimum absolute atomic E-state index is 0.181. The second kappa shape index (κ2) is 10.4. The van der Waals surface area contributed by atoms with Crippen LogP contribution in [0.4, 0.5) is 5.69 Å². The fourth-order valence-electron chi connectivity index (χ4n) is 2.43. The lowest BCUT2D eigenvalue weighted by Crippen LogP contribution is -2.24. The number of carbonyl (C=O) groups excluding carboxylic acids is 2. The molecule has 0 atom stereocenters. The fraction of sp³-hybridized carbons (Fsp3) is 0.300. The molecule has 2 aromatic rings. The Morgan fingerprint density at radius 2 is 1.75 bits per heavy atom. The largest absolute Gasteiger partial charge is 0.493 e. The number of rotatable bonds is 8. The standard InChI is InChI=1S/C20H23BrN2O4S/c1-23(2)20(25)13-11-16(26-3)17(27-4)12-15(13)22-19(24)9-10-28-18-8-6-5-7-14(18)21/h5-8,11-12H,9-10H2,1-4H3,(H,22,24). The molecule has 0 heterocycles. The van der Waals surface area contributed by atoms with E-state index in [2.05, 4.69) is 21.2 Å². The van der Waals surface area contributed by atoms with E-state index in [0.29, 0.717) is 34.9 Å². The number of hydrogen-bond acceptors (Lipinski definition) is 5. The van der Waals surface area contributed by atoms with Gasteiger partial charge in [-0.05, 0) is 34.1 Å². The number of nitrogens with zero attached hydrogens (tertiary/aromatic N) is 1. The van der Waals surface area contributed by atoms with E-state index in [4.69, 9.17) is 9.47 Å². The van der Waals surface area contributed by atoms with E-state index < -0.39 is 0 Å². The number of nitrogens with one attached hydrogen (secondary N) is 1. The van der Waals surface area contributed by atoms with Gasteiger partial charge in [-0.1, -0.05) is 12.1 Å². The van der Waals surface area contributed by atoms with Gasteiger partial charge in [0.05, 0.1) is 25.5 Å². The first-order valence-electron chi connectivity index (χ1n) is 8.52. The fourth-order valence-corrected chi connectivity index (χ4v) is 3.94. The molecule has 2 amide bonds. The monoisotopic (exact) mass is 466 g/mol. The SMILES string of the molecule is COc1cc(NC(=O)CCSc2ccccc2Br)c(C(=O)N(C)C)cc1OC. The lowest BCUT2D eigenvalue weighted by atomic mass is 10.1.